The minimum Gasteiger partial charge on any atom is -0.496 e. The van der Waals surface area contributed by atoms with Crippen molar-refractivity contribution in [2.75, 3.05) is 13.7 Å². The fraction of sp³-hybridized carbons (Fsp3) is 0.308. The average molecular weight is 416 g/mol. The summed E-state index contributed by atoms with van der Waals surface area (Å²) in [7, 11) is 1.72. The summed E-state index contributed by atoms with van der Waals surface area (Å²) >= 11 is 0. The van der Waals surface area contributed by atoms with Gasteiger partial charge in [0.15, 0.2) is 0 Å². The molecule has 5 heteroatoms. The van der Waals surface area contributed by atoms with Crippen LogP contribution in [-0.2, 0) is 17.9 Å². The van der Waals surface area contributed by atoms with Gasteiger partial charge in [0.2, 0.25) is 5.91 Å². The van der Waals surface area contributed by atoms with Crippen molar-refractivity contribution in [3.63, 3.8) is 0 Å². The number of nitrogens with one attached hydrogen (secondary N) is 1. The van der Waals surface area contributed by atoms with Crippen LogP contribution in [0.2, 0.25) is 0 Å². The van der Waals surface area contributed by atoms with Gasteiger partial charge in [-0.15, -0.1) is 0 Å². The van der Waals surface area contributed by atoms with Gasteiger partial charge in [0, 0.05) is 31.8 Å². The van der Waals surface area contributed by atoms with E-state index in [0.29, 0.717) is 12.6 Å². The molecule has 1 aliphatic rings. The number of benzene rings is 2. The van der Waals surface area contributed by atoms with Crippen molar-refractivity contribution in [2.24, 2.45) is 0 Å². The zero-order valence-electron chi connectivity index (χ0n) is 18.2. The number of amides is 1. The molecule has 1 atom stereocenters. The number of nitrogens with zero attached hydrogens (tertiary/aromatic N) is 2. The molecule has 1 aliphatic heterocycles. The van der Waals surface area contributed by atoms with Gasteiger partial charge in [-0.25, -0.2) is 0 Å². The summed E-state index contributed by atoms with van der Waals surface area (Å²) in [6.07, 6.45) is 4.15. The Morgan fingerprint density at radius 2 is 1.87 bits per heavy atom. The first kappa shape index (κ1) is 21.1. The number of carbonyl (C=O) groups excluding carboxylic acids is 1. The average Bonchev–Trinajstić information content (AvgIpc) is 3.26. The van der Waals surface area contributed by atoms with E-state index in [-0.39, 0.29) is 5.91 Å². The van der Waals surface area contributed by atoms with Crippen molar-refractivity contribution in [3.8, 4) is 16.9 Å². The third kappa shape index (κ3) is 4.94. The third-order valence-electron chi connectivity index (χ3n) is 5.88. The molecule has 0 spiro atoms. The topological polar surface area (TPSA) is 54.5 Å². The fourth-order valence-corrected chi connectivity index (χ4v) is 4.32. The van der Waals surface area contributed by atoms with Crippen molar-refractivity contribution in [1.29, 1.82) is 0 Å². The zero-order valence-corrected chi connectivity index (χ0v) is 18.2. The maximum absolute atomic E-state index is 11.1. The zero-order chi connectivity index (χ0) is 21.6. The second-order valence-corrected chi connectivity index (χ2v) is 7.99. The van der Waals surface area contributed by atoms with Crippen molar-refractivity contribution >= 4 is 5.91 Å². The van der Waals surface area contributed by atoms with Gasteiger partial charge in [-0.3, -0.25) is 14.7 Å². The van der Waals surface area contributed by atoms with Gasteiger partial charge >= 0.3 is 0 Å². The molecule has 2 aromatic carbocycles. The summed E-state index contributed by atoms with van der Waals surface area (Å²) in [5, 5.41) is 2.82. The van der Waals surface area contributed by atoms with E-state index >= 15 is 0 Å². The summed E-state index contributed by atoms with van der Waals surface area (Å²) in [6, 6.07) is 21.2. The molecule has 0 unspecified atom stereocenters. The molecule has 31 heavy (non-hydrogen) atoms. The lowest BCUT2D eigenvalue weighted by molar-refractivity contribution is -0.119. The summed E-state index contributed by atoms with van der Waals surface area (Å²) in [6.45, 7) is 3.97. The van der Waals surface area contributed by atoms with Crippen LogP contribution in [0.5, 0.6) is 5.75 Å². The number of ether oxygens (including phenoxy) is 1. The van der Waals surface area contributed by atoms with Gasteiger partial charge in [-0.1, -0.05) is 48.5 Å². The molecule has 1 N–H and O–H groups in total. The van der Waals surface area contributed by atoms with Gasteiger partial charge in [0.1, 0.15) is 5.75 Å². The van der Waals surface area contributed by atoms with Crippen LogP contribution < -0.4 is 10.1 Å². The lowest BCUT2D eigenvalue weighted by Gasteiger charge is -2.25. The highest BCUT2D eigenvalue weighted by molar-refractivity contribution is 5.73. The van der Waals surface area contributed by atoms with E-state index in [1.54, 1.807) is 7.11 Å². The first-order chi connectivity index (χ1) is 15.2. The number of para-hydroxylation sites is 1. The van der Waals surface area contributed by atoms with Gasteiger partial charge in [0.05, 0.1) is 18.8 Å². The van der Waals surface area contributed by atoms with E-state index in [1.807, 2.05) is 18.3 Å². The van der Waals surface area contributed by atoms with Crippen LogP contribution in [0.3, 0.4) is 0 Å². The van der Waals surface area contributed by atoms with Crippen molar-refractivity contribution in [2.45, 2.75) is 38.9 Å². The maximum atomic E-state index is 11.1. The van der Waals surface area contributed by atoms with Crippen LogP contribution in [0, 0.1) is 0 Å². The number of carbonyl (C=O) groups is 1. The highest BCUT2D eigenvalue weighted by atomic mass is 16.5. The quantitative estimate of drug-likeness (QED) is 0.606. The van der Waals surface area contributed by atoms with E-state index in [9.17, 15) is 4.79 Å². The number of methoxy groups -OCH3 is 1. The minimum absolute atomic E-state index is 0.0280. The lowest BCUT2D eigenvalue weighted by atomic mass is 9.98. The molecule has 0 radical (unpaired) electrons. The van der Waals surface area contributed by atoms with E-state index in [1.165, 1.54) is 18.1 Å². The second-order valence-electron chi connectivity index (χ2n) is 7.99. The molecule has 5 nitrogen and oxygen atoms in total. The van der Waals surface area contributed by atoms with E-state index < -0.39 is 0 Å². The van der Waals surface area contributed by atoms with Crippen LogP contribution in [0.4, 0.5) is 0 Å². The molecule has 0 saturated carbocycles. The highest BCUT2D eigenvalue weighted by Crippen LogP contribution is 2.36. The molecule has 160 valence electrons. The molecule has 1 aromatic heterocycles. The van der Waals surface area contributed by atoms with Crippen LogP contribution >= 0.6 is 0 Å². The molecule has 0 bridgehead atoms. The molecular formula is C26H29N3O2. The number of pyridine rings is 1. The van der Waals surface area contributed by atoms with Crippen molar-refractivity contribution in [3.05, 3.63) is 83.7 Å². The first-order valence-corrected chi connectivity index (χ1v) is 10.8. The maximum Gasteiger partial charge on any atom is 0.217 e. The van der Waals surface area contributed by atoms with Gasteiger partial charge < -0.3 is 10.1 Å². The number of likely N-dealkylation sites (tertiary alicyclic amines) is 1. The Balaban J connectivity index is 1.54. The Kier molecular flexibility index (Phi) is 6.63. The molecule has 0 aliphatic carbocycles. The largest absolute Gasteiger partial charge is 0.496 e. The first-order valence-electron chi connectivity index (χ1n) is 10.8. The second kappa shape index (κ2) is 9.75. The van der Waals surface area contributed by atoms with E-state index in [4.69, 9.17) is 9.72 Å². The van der Waals surface area contributed by atoms with E-state index in [0.717, 1.165) is 48.5 Å². The predicted molar refractivity (Wildman–Crippen MR) is 123 cm³/mol. The molecular weight excluding hydrogens is 386 g/mol. The Bertz CT molecular complexity index is 1030. The molecule has 4 rings (SSSR count). The summed E-state index contributed by atoms with van der Waals surface area (Å²) in [5.41, 5.74) is 5.74. The summed E-state index contributed by atoms with van der Waals surface area (Å²) in [4.78, 5) is 18.4. The van der Waals surface area contributed by atoms with Gasteiger partial charge in [-0.05, 0) is 48.2 Å². The predicted octanol–water partition coefficient (Wildman–Crippen LogP) is 4.73. The van der Waals surface area contributed by atoms with Gasteiger partial charge in [0.25, 0.3) is 0 Å². The Hall–Kier alpha value is -3.18. The molecule has 3 aromatic rings. The standard InChI is InChI=1S/C26H29N3O2/c1-19(30)27-16-20-13-14-24(28-17-20)25-11-7-15-29(25)18-21-8-3-4-9-22(21)23-10-5-6-12-26(23)31-2/h3-6,8-10,12-14,17,25H,7,11,15-16,18H2,1-2H3,(H,27,30)/t25-/m0/s1. The summed E-state index contributed by atoms with van der Waals surface area (Å²) in [5.74, 6) is 0.865. The molecule has 1 amide bonds. The molecule has 1 fully saturated rings. The Labute approximate surface area is 184 Å². The number of hydrogen-bond donors (Lipinski definition) is 1. The van der Waals surface area contributed by atoms with Gasteiger partial charge in [-0.2, -0.15) is 0 Å². The van der Waals surface area contributed by atoms with E-state index in [2.05, 4.69) is 58.7 Å². The smallest absolute Gasteiger partial charge is 0.217 e. The Morgan fingerprint density at radius 1 is 1.10 bits per heavy atom. The monoisotopic (exact) mass is 415 g/mol. The number of rotatable bonds is 7. The summed E-state index contributed by atoms with van der Waals surface area (Å²) < 4.78 is 5.61. The van der Waals surface area contributed by atoms with Crippen molar-refractivity contribution in [1.82, 2.24) is 15.2 Å². The number of aromatic nitrogens is 1. The van der Waals surface area contributed by atoms with Crippen LogP contribution in [0.1, 0.15) is 42.6 Å². The minimum atomic E-state index is -0.0280. The third-order valence-corrected chi connectivity index (χ3v) is 5.88. The number of hydrogen-bond acceptors (Lipinski definition) is 4. The molecule has 2 heterocycles. The van der Waals surface area contributed by atoms with Crippen molar-refractivity contribution < 1.29 is 9.53 Å². The Morgan fingerprint density at radius 3 is 2.61 bits per heavy atom. The lowest BCUT2D eigenvalue weighted by Crippen LogP contribution is -2.24. The highest BCUT2D eigenvalue weighted by Gasteiger charge is 2.27. The van der Waals surface area contributed by atoms with Crippen LogP contribution in [-0.4, -0.2) is 29.4 Å². The van der Waals surface area contributed by atoms with Crippen LogP contribution in [0.15, 0.2) is 66.9 Å². The normalized spacial score (nSPS) is 16.3. The SMILES string of the molecule is COc1ccccc1-c1ccccc1CN1CCC[C@H]1c1ccc(CNC(C)=O)cn1. The fourth-order valence-electron chi connectivity index (χ4n) is 4.32. The molecule has 1 saturated heterocycles. The van der Waals surface area contributed by atoms with Crippen LogP contribution in [0.25, 0.3) is 11.1 Å².